The molecular weight excluding hydrogens is 224 g/mol. The SMILES string of the molecule is Cc1ccc(C2C(N)CC(=O)N2C(C)C)cc1C. The van der Waals surface area contributed by atoms with Crippen molar-refractivity contribution in [3.8, 4) is 0 Å². The van der Waals surface area contributed by atoms with Gasteiger partial charge in [0.15, 0.2) is 0 Å². The number of hydrogen-bond donors (Lipinski definition) is 1. The Balaban J connectivity index is 2.40. The van der Waals surface area contributed by atoms with Crippen LogP contribution in [0.2, 0.25) is 0 Å². The number of carbonyl (C=O) groups is 1. The van der Waals surface area contributed by atoms with Crippen molar-refractivity contribution in [2.24, 2.45) is 5.73 Å². The number of benzene rings is 1. The Morgan fingerprint density at radius 3 is 2.50 bits per heavy atom. The largest absolute Gasteiger partial charge is 0.332 e. The first-order valence-electron chi connectivity index (χ1n) is 6.55. The van der Waals surface area contributed by atoms with Gasteiger partial charge in [-0.05, 0) is 44.4 Å². The highest BCUT2D eigenvalue weighted by molar-refractivity contribution is 5.80. The van der Waals surface area contributed by atoms with Crippen LogP contribution < -0.4 is 5.73 Å². The van der Waals surface area contributed by atoms with Gasteiger partial charge in [0.2, 0.25) is 5.91 Å². The molecule has 1 aliphatic rings. The molecule has 2 rings (SSSR count). The summed E-state index contributed by atoms with van der Waals surface area (Å²) in [5.41, 5.74) is 9.84. The summed E-state index contributed by atoms with van der Waals surface area (Å²) in [4.78, 5) is 13.9. The lowest BCUT2D eigenvalue weighted by molar-refractivity contribution is -0.130. The van der Waals surface area contributed by atoms with Crippen molar-refractivity contribution < 1.29 is 4.79 Å². The van der Waals surface area contributed by atoms with E-state index in [4.69, 9.17) is 5.73 Å². The molecule has 3 heteroatoms. The Morgan fingerprint density at radius 1 is 1.28 bits per heavy atom. The van der Waals surface area contributed by atoms with E-state index in [1.165, 1.54) is 11.1 Å². The topological polar surface area (TPSA) is 46.3 Å². The summed E-state index contributed by atoms with van der Waals surface area (Å²) in [5, 5.41) is 0. The third-order valence-corrected chi connectivity index (χ3v) is 3.83. The normalized spacial score (nSPS) is 24.1. The molecule has 2 unspecified atom stereocenters. The summed E-state index contributed by atoms with van der Waals surface area (Å²) < 4.78 is 0. The van der Waals surface area contributed by atoms with E-state index in [0.717, 1.165) is 5.56 Å². The quantitative estimate of drug-likeness (QED) is 0.870. The van der Waals surface area contributed by atoms with E-state index < -0.39 is 0 Å². The van der Waals surface area contributed by atoms with Gasteiger partial charge in [-0.25, -0.2) is 0 Å². The second-order valence-corrected chi connectivity index (χ2v) is 5.55. The molecule has 1 fully saturated rings. The molecule has 18 heavy (non-hydrogen) atoms. The molecule has 0 bridgehead atoms. The monoisotopic (exact) mass is 246 g/mol. The third kappa shape index (κ3) is 2.15. The van der Waals surface area contributed by atoms with Gasteiger partial charge in [-0.1, -0.05) is 18.2 Å². The molecule has 0 saturated carbocycles. The summed E-state index contributed by atoms with van der Waals surface area (Å²) >= 11 is 0. The second kappa shape index (κ2) is 4.73. The first kappa shape index (κ1) is 13.1. The maximum atomic E-state index is 12.0. The molecular formula is C15H22N2O. The molecule has 2 atom stereocenters. The first-order valence-corrected chi connectivity index (χ1v) is 6.55. The number of likely N-dealkylation sites (tertiary alicyclic amines) is 1. The molecule has 98 valence electrons. The van der Waals surface area contributed by atoms with Crippen molar-refractivity contribution in [2.45, 2.75) is 52.2 Å². The number of hydrogen-bond acceptors (Lipinski definition) is 2. The Kier molecular flexibility index (Phi) is 3.44. The highest BCUT2D eigenvalue weighted by Crippen LogP contribution is 2.34. The van der Waals surface area contributed by atoms with Crippen LogP contribution in [0.15, 0.2) is 18.2 Å². The van der Waals surface area contributed by atoms with Crippen molar-refractivity contribution in [3.05, 3.63) is 34.9 Å². The fraction of sp³-hybridized carbons (Fsp3) is 0.533. The number of aryl methyl sites for hydroxylation is 2. The maximum Gasteiger partial charge on any atom is 0.225 e. The van der Waals surface area contributed by atoms with E-state index in [1.54, 1.807) is 0 Å². The van der Waals surface area contributed by atoms with E-state index in [1.807, 2.05) is 18.7 Å². The Bertz CT molecular complexity index is 468. The van der Waals surface area contributed by atoms with Gasteiger partial charge in [0.05, 0.1) is 6.04 Å². The van der Waals surface area contributed by atoms with Crippen LogP contribution in [0.3, 0.4) is 0 Å². The molecule has 0 aliphatic carbocycles. The summed E-state index contributed by atoms with van der Waals surface area (Å²) in [6.45, 7) is 8.29. The van der Waals surface area contributed by atoms with Crippen LogP contribution in [0.1, 0.15) is 43.0 Å². The van der Waals surface area contributed by atoms with Crippen LogP contribution in [-0.2, 0) is 4.79 Å². The Labute approximate surface area is 109 Å². The predicted octanol–water partition coefficient (Wildman–Crippen LogP) is 2.31. The molecule has 1 amide bonds. The predicted molar refractivity (Wildman–Crippen MR) is 73.2 cm³/mol. The lowest BCUT2D eigenvalue weighted by Gasteiger charge is -2.31. The molecule has 3 nitrogen and oxygen atoms in total. The average Bonchev–Trinajstić information content (AvgIpc) is 2.57. The molecule has 1 aromatic rings. The van der Waals surface area contributed by atoms with Gasteiger partial charge in [-0.2, -0.15) is 0 Å². The zero-order valence-electron chi connectivity index (χ0n) is 11.6. The van der Waals surface area contributed by atoms with Gasteiger partial charge in [0.1, 0.15) is 0 Å². The van der Waals surface area contributed by atoms with Crippen molar-refractivity contribution in [2.75, 3.05) is 0 Å². The molecule has 0 aromatic heterocycles. The number of nitrogens with zero attached hydrogens (tertiary/aromatic N) is 1. The van der Waals surface area contributed by atoms with Crippen molar-refractivity contribution in [1.29, 1.82) is 0 Å². The second-order valence-electron chi connectivity index (χ2n) is 5.55. The highest BCUT2D eigenvalue weighted by atomic mass is 16.2. The molecule has 1 saturated heterocycles. The van der Waals surface area contributed by atoms with Crippen LogP contribution >= 0.6 is 0 Å². The molecule has 1 aromatic carbocycles. The van der Waals surface area contributed by atoms with Crippen LogP contribution in [0.4, 0.5) is 0 Å². The molecule has 2 N–H and O–H groups in total. The summed E-state index contributed by atoms with van der Waals surface area (Å²) in [6, 6.07) is 6.49. The van der Waals surface area contributed by atoms with Gasteiger partial charge in [0.25, 0.3) is 0 Å². The number of carbonyl (C=O) groups excluding carboxylic acids is 1. The summed E-state index contributed by atoms with van der Waals surface area (Å²) in [7, 11) is 0. The van der Waals surface area contributed by atoms with E-state index in [2.05, 4.69) is 32.0 Å². The Hall–Kier alpha value is -1.35. The smallest absolute Gasteiger partial charge is 0.225 e. The fourth-order valence-corrected chi connectivity index (χ4v) is 2.75. The van der Waals surface area contributed by atoms with Gasteiger partial charge in [-0.15, -0.1) is 0 Å². The molecule has 0 spiro atoms. The summed E-state index contributed by atoms with van der Waals surface area (Å²) in [6.07, 6.45) is 0.454. The van der Waals surface area contributed by atoms with Gasteiger partial charge in [-0.3, -0.25) is 4.79 Å². The van der Waals surface area contributed by atoms with Crippen molar-refractivity contribution in [3.63, 3.8) is 0 Å². The van der Waals surface area contributed by atoms with Gasteiger partial charge >= 0.3 is 0 Å². The lowest BCUT2D eigenvalue weighted by Crippen LogP contribution is -2.37. The highest BCUT2D eigenvalue weighted by Gasteiger charge is 2.39. The van der Waals surface area contributed by atoms with Gasteiger partial charge < -0.3 is 10.6 Å². The van der Waals surface area contributed by atoms with E-state index >= 15 is 0 Å². The number of nitrogens with two attached hydrogens (primary N) is 1. The molecule has 1 heterocycles. The van der Waals surface area contributed by atoms with Crippen LogP contribution in [0.5, 0.6) is 0 Å². The van der Waals surface area contributed by atoms with Crippen molar-refractivity contribution >= 4 is 5.91 Å². The minimum Gasteiger partial charge on any atom is -0.332 e. The van der Waals surface area contributed by atoms with Gasteiger partial charge in [0, 0.05) is 18.5 Å². The first-order chi connectivity index (χ1) is 8.41. The minimum absolute atomic E-state index is 0.0248. The number of rotatable bonds is 2. The lowest BCUT2D eigenvalue weighted by atomic mass is 9.96. The van der Waals surface area contributed by atoms with E-state index in [-0.39, 0.29) is 24.0 Å². The Morgan fingerprint density at radius 2 is 1.94 bits per heavy atom. The average molecular weight is 246 g/mol. The minimum atomic E-state index is -0.0954. The van der Waals surface area contributed by atoms with Crippen LogP contribution in [0, 0.1) is 13.8 Å². The molecule has 0 radical (unpaired) electrons. The summed E-state index contributed by atoms with van der Waals surface area (Å²) in [5.74, 6) is 0.167. The van der Waals surface area contributed by atoms with E-state index in [9.17, 15) is 4.79 Å². The zero-order chi connectivity index (χ0) is 13.4. The fourth-order valence-electron chi connectivity index (χ4n) is 2.75. The third-order valence-electron chi connectivity index (χ3n) is 3.83. The van der Waals surface area contributed by atoms with Crippen LogP contribution in [0.25, 0.3) is 0 Å². The molecule has 1 aliphatic heterocycles. The van der Waals surface area contributed by atoms with Crippen molar-refractivity contribution in [1.82, 2.24) is 4.90 Å². The number of amides is 1. The zero-order valence-corrected chi connectivity index (χ0v) is 11.6. The standard InChI is InChI=1S/C15H22N2O/c1-9(2)17-14(18)8-13(16)15(17)12-6-5-10(3)11(4)7-12/h5-7,9,13,15H,8,16H2,1-4H3. The van der Waals surface area contributed by atoms with Crippen LogP contribution in [-0.4, -0.2) is 22.9 Å². The van der Waals surface area contributed by atoms with E-state index in [0.29, 0.717) is 6.42 Å². The maximum absolute atomic E-state index is 12.0.